The van der Waals surface area contributed by atoms with Gasteiger partial charge in [0.25, 0.3) is 0 Å². The van der Waals surface area contributed by atoms with Crippen molar-refractivity contribution in [2.75, 3.05) is 5.32 Å². The van der Waals surface area contributed by atoms with Crippen LogP contribution in [0.2, 0.25) is 5.02 Å². The van der Waals surface area contributed by atoms with Gasteiger partial charge in [0.05, 0.1) is 16.3 Å². The molecule has 0 aromatic heterocycles. The van der Waals surface area contributed by atoms with Crippen LogP contribution in [0.15, 0.2) is 18.2 Å². The quantitative estimate of drug-likeness (QED) is 0.803. The highest BCUT2D eigenvalue weighted by atomic mass is 35.5. The van der Waals surface area contributed by atoms with E-state index in [0.717, 1.165) is 12.1 Å². The predicted molar refractivity (Wildman–Crippen MR) is 65.7 cm³/mol. The van der Waals surface area contributed by atoms with Crippen molar-refractivity contribution in [3.8, 4) is 0 Å². The Morgan fingerprint density at radius 2 is 1.95 bits per heavy atom. The lowest BCUT2D eigenvalue weighted by atomic mass is 10.2. The van der Waals surface area contributed by atoms with Crippen molar-refractivity contribution in [3.05, 3.63) is 28.8 Å². The van der Waals surface area contributed by atoms with E-state index in [2.05, 4.69) is 5.32 Å². The summed E-state index contributed by atoms with van der Waals surface area (Å²) in [5, 5.41) is 12.6. The molecule has 0 bridgehead atoms. The molecule has 110 valence electrons. The van der Waals surface area contributed by atoms with Crippen molar-refractivity contribution in [2.45, 2.75) is 19.1 Å². The number of hydrogen-bond acceptors (Lipinski definition) is 2. The standard InChI is InChI=1S/C11H10ClF3N2O3/c1-5(9(18)19)16-10(20)17-8-4-6(11(13,14)15)2-3-7(8)12/h2-5H,1H3,(H,18,19)(H2,16,17,20). The van der Waals surface area contributed by atoms with Crippen molar-refractivity contribution >= 4 is 29.3 Å². The zero-order valence-electron chi connectivity index (χ0n) is 10.1. The molecular formula is C11H10ClF3N2O3. The fourth-order valence-corrected chi connectivity index (χ4v) is 1.38. The average Bonchev–Trinajstić information content (AvgIpc) is 2.30. The second kappa shape index (κ2) is 6.00. The molecule has 1 atom stereocenters. The van der Waals surface area contributed by atoms with Crippen molar-refractivity contribution in [2.24, 2.45) is 0 Å². The van der Waals surface area contributed by atoms with E-state index in [9.17, 15) is 22.8 Å². The Hall–Kier alpha value is -1.96. The smallest absolute Gasteiger partial charge is 0.416 e. The third-order valence-corrected chi connectivity index (χ3v) is 2.59. The van der Waals surface area contributed by atoms with Crippen LogP contribution < -0.4 is 10.6 Å². The Kier molecular flexibility index (Phi) is 4.83. The Morgan fingerprint density at radius 1 is 1.35 bits per heavy atom. The molecule has 0 heterocycles. The van der Waals surface area contributed by atoms with Crippen LogP contribution in [0.1, 0.15) is 12.5 Å². The minimum absolute atomic E-state index is 0.101. The summed E-state index contributed by atoms with van der Waals surface area (Å²) in [4.78, 5) is 21.9. The number of hydrogen-bond donors (Lipinski definition) is 3. The molecule has 5 nitrogen and oxygen atoms in total. The molecule has 3 N–H and O–H groups in total. The first-order valence-electron chi connectivity index (χ1n) is 5.28. The van der Waals surface area contributed by atoms with E-state index in [4.69, 9.17) is 16.7 Å². The zero-order valence-corrected chi connectivity index (χ0v) is 10.8. The number of urea groups is 1. The van der Waals surface area contributed by atoms with Gasteiger partial charge in [-0.15, -0.1) is 0 Å². The van der Waals surface area contributed by atoms with Gasteiger partial charge in [0.1, 0.15) is 6.04 Å². The van der Waals surface area contributed by atoms with E-state index in [0.29, 0.717) is 6.07 Å². The van der Waals surface area contributed by atoms with Gasteiger partial charge in [0, 0.05) is 0 Å². The number of carbonyl (C=O) groups is 2. The first-order chi connectivity index (χ1) is 9.11. The molecule has 1 aromatic rings. The molecule has 0 aliphatic rings. The van der Waals surface area contributed by atoms with Crippen molar-refractivity contribution in [3.63, 3.8) is 0 Å². The molecule has 0 saturated carbocycles. The van der Waals surface area contributed by atoms with Crippen molar-refractivity contribution in [1.82, 2.24) is 5.32 Å². The zero-order chi connectivity index (χ0) is 15.5. The predicted octanol–water partition coefficient (Wildman–Crippen LogP) is 2.95. The van der Waals surface area contributed by atoms with Gasteiger partial charge in [-0.05, 0) is 25.1 Å². The average molecular weight is 311 g/mol. The Morgan fingerprint density at radius 3 is 2.45 bits per heavy atom. The van der Waals surface area contributed by atoms with Gasteiger partial charge >= 0.3 is 18.2 Å². The number of aliphatic carboxylic acids is 1. The monoisotopic (exact) mass is 310 g/mol. The first kappa shape index (κ1) is 16.1. The Balaban J connectivity index is 2.87. The van der Waals surface area contributed by atoms with Gasteiger partial charge in [-0.1, -0.05) is 11.6 Å². The van der Waals surface area contributed by atoms with Crippen LogP contribution in [0.4, 0.5) is 23.7 Å². The molecule has 0 fully saturated rings. The van der Waals surface area contributed by atoms with Gasteiger partial charge in [-0.2, -0.15) is 13.2 Å². The maximum atomic E-state index is 12.5. The number of nitrogens with one attached hydrogen (secondary N) is 2. The maximum Gasteiger partial charge on any atom is 0.416 e. The van der Waals surface area contributed by atoms with Crippen LogP contribution in [0, 0.1) is 0 Å². The number of benzene rings is 1. The molecular weight excluding hydrogens is 301 g/mol. The highest BCUT2D eigenvalue weighted by Gasteiger charge is 2.31. The molecule has 0 radical (unpaired) electrons. The summed E-state index contributed by atoms with van der Waals surface area (Å²) in [5.41, 5.74) is -1.25. The molecule has 1 aromatic carbocycles. The van der Waals surface area contributed by atoms with Crippen LogP contribution in [0.3, 0.4) is 0 Å². The molecule has 9 heteroatoms. The van der Waals surface area contributed by atoms with Crippen molar-refractivity contribution in [1.29, 1.82) is 0 Å². The highest BCUT2D eigenvalue weighted by Crippen LogP contribution is 2.33. The maximum absolute atomic E-state index is 12.5. The number of carboxylic acid groups (broad SMARTS) is 1. The normalized spacial score (nSPS) is 12.7. The number of rotatable bonds is 3. The summed E-state index contributed by atoms with van der Waals surface area (Å²) in [6.45, 7) is 1.20. The molecule has 0 aliphatic carbocycles. The van der Waals surface area contributed by atoms with Crippen LogP contribution in [-0.2, 0) is 11.0 Å². The van der Waals surface area contributed by atoms with Crippen LogP contribution in [0.25, 0.3) is 0 Å². The van der Waals surface area contributed by atoms with Gasteiger partial charge < -0.3 is 15.7 Å². The van der Waals surface area contributed by atoms with E-state index in [1.54, 1.807) is 0 Å². The number of alkyl halides is 3. The summed E-state index contributed by atoms with van der Waals surface area (Å²) >= 11 is 5.66. The number of carboxylic acids is 1. The SMILES string of the molecule is CC(NC(=O)Nc1cc(C(F)(F)F)ccc1Cl)C(=O)O. The van der Waals surface area contributed by atoms with Crippen molar-refractivity contribution < 1.29 is 27.9 Å². The third kappa shape index (κ3) is 4.30. The number of carbonyl (C=O) groups excluding carboxylic acids is 1. The lowest BCUT2D eigenvalue weighted by Gasteiger charge is -2.13. The third-order valence-electron chi connectivity index (χ3n) is 2.26. The minimum atomic E-state index is -4.58. The molecule has 0 saturated heterocycles. The lowest BCUT2D eigenvalue weighted by Crippen LogP contribution is -2.40. The molecule has 1 rings (SSSR count). The van der Waals surface area contributed by atoms with Crippen LogP contribution in [-0.4, -0.2) is 23.1 Å². The molecule has 0 spiro atoms. The highest BCUT2D eigenvalue weighted by molar-refractivity contribution is 6.33. The Labute approximate surface area is 116 Å². The first-order valence-corrected chi connectivity index (χ1v) is 5.66. The van der Waals surface area contributed by atoms with Gasteiger partial charge in [0.2, 0.25) is 0 Å². The number of halogens is 4. The molecule has 1 unspecified atom stereocenters. The van der Waals surface area contributed by atoms with Crippen LogP contribution in [0.5, 0.6) is 0 Å². The summed E-state index contributed by atoms with van der Waals surface area (Å²) in [7, 11) is 0. The number of amides is 2. The van der Waals surface area contributed by atoms with Gasteiger partial charge in [-0.25, -0.2) is 4.79 Å². The van der Waals surface area contributed by atoms with E-state index in [1.165, 1.54) is 6.92 Å². The second-order valence-electron chi connectivity index (χ2n) is 3.85. The fourth-order valence-electron chi connectivity index (χ4n) is 1.21. The van der Waals surface area contributed by atoms with Gasteiger partial charge in [-0.3, -0.25) is 4.79 Å². The summed E-state index contributed by atoms with van der Waals surface area (Å²) in [5.74, 6) is -1.28. The van der Waals surface area contributed by atoms with E-state index in [-0.39, 0.29) is 10.7 Å². The number of anilines is 1. The second-order valence-corrected chi connectivity index (χ2v) is 4.26. The van der Waals surface area contributed by atoms with E-state index < -0.39 is 29.8 Å². The molecule has 20 heavy (non-hydrogen) atoms. The van der Waals surface area contributed by atoms with E-state index >= 15 is 0 Å². The molecule has 0 aliphatic heterocycles. The summed E-state index contributed by atoms with van der Waals surface area (Å²) in [6.07, 6.45) is -4.58. The topological polar surface area (TPSA) is 78.4 Å². The largest absolute Gasteiger partial charge is 0.480 e. The lowest BCUT2D eigenvalue weighted by molar-refractivity contribution is -0.139. The minimum Gasteiger partial charge on any atom is -0.480 e. The molecule has 2 amide bonds. The fraction of sp³-hybridized carbons (Fsp3) is 0.273. The Bertz CT molecular complexity index is 534. The van der Waals surface area contributed by atoms with E-state index in [1.807, 2.05) is 5.32 Å². The van der Waals surface area contributed by atoms with Gasteiger partial charge in [0.15, 0.2) is 0 Å². The summed E-state index contributed by atoms with van der Waals surface area (Å²) < 4.78 is 37.5. The van der Waals surface area contributed by atoms with Crippen LogP contribution >= 0.6 is 11.6 Å². The summed E-state index contributed by atoms with van der Waals surface area (Å²) in [6, 6.07) is 0.250.